The van der Waals surface area contributed by atoms with E-state index in [0.29, 0.717) is 0 Å². The van der Waals surface area contributed by atoms with Gasteiger partial charge in [-0.25, -0.2) is 4.79 Å². The molecule has 3 nitrogen and oxygen atoms in total. The van der Waals surface area contributed by atoms with Gasteiger partial charge in [0.1, 0.15) is 6.61 Å². The summed E-state index contributed by atoms with van der Waals surface area (Å²) in [6, 6.07) is 3.65. The van der Waals surface area contributed by atoms with Crippen LogP contribution in [0.3, 0.4) is 0 Å². The van der Waals surface area contributed by atoms with Crippen LogP contribution in [0.25, 0.3) is 0 Å². The molecule has 0 fully saturated rings. The van der Waals surface area contributed by atoms with Crippen molar-refractivity contribution < 1.29 is 9.53 Å². The smallest absolute Gasteiger partial charge is 0.417 e. The summed E-state index contributed by atoms with van der Waals surface area (Å²) in [7, 11) is 0. The van der Waals surface area contributed by atoms with Crippen molar-refractivity contribution in [2.75, 3.05) is 0 Å². The average molecular weight is 150 g/mol. The SMILES string of the molecule is Cc1cc(CO[C]=O)ccn1. The fourth-order valence-electron chi connectivity index (χ4n) is 0.807. The number of nitrogens with zero attached hydrogens (tertiary/aromatic N) is 1. The number of hydrogen-bond donors (Lipinski definition) is 0. The van der Waals surface area contributed by atoms with E-state index in [1.165, 1.54) is 6.47 Å². The first kappa shape index (κ1) is 7.72. The largest absolute Gasteiger partial charge is 0.452 e. The quantitative estimate of drug-likeness (QED) is 0.644. The lowest BCUT2D eigenvalue weighted by molar-refractivity contribution is 0.267. The molecule has 0 aliphatic heterocycles. The van der Waals surface area contributed by atoms with Gasteiger partial charge in [-0.3, -0.25) is 4.98 Å². The van der Waals surface area contributed by atoms with Crippen LogP contribution in [-0.4, -0.2) is 11.5 Å². The first-order valence-electron chi connectivity index (χ1n) is 3.23. The third-order valence-corrected chi connectivity index (χ3v) is 1.26. The molecule has 0 spiro atoms. The van der Waals surface area contributed by atoms with Crippen LogP contribution in [0.5, 0.6) is 0 Å². The van der Waals surface area contributed by atoms with Crippen LogP contribution in [0.15, 0.2) is 18.3 Å². The zero-order chi connectivity index (χ0) is 8.10. The van der Waals surface area contributed by atoms with Gasteiger partial charge < -0.3 is 4.74 Å². The molecule has 0 bridgehead atoms. The van der Waals surface area contributed by atoms with Gasteiger partial charge in [-0.15, -0.1) is 0 Å². The molecule has 0 aliphatic rings. The second-order valence-electron chi connectivity index (χ2n) is 2.18. The van der Waals surface area contributed by atoms with E-state index in [0.717, 1.165) is 11.3 Å². The highest BCUT2D eigenvalue weighted by Gasteiger charge is 1.92. The predicted molar refractivity (Wildman–Crippen MR) is 39.5 cm³/mol. The summed E-state index contributed by atoms with van der Waals surface area (Å²) in [6.45, 7) is 3.52. The molecule has 1 heterocycles. The van der Waals surface area contributed by atoms with Crippen LogP contribution in [-0.2, 0) is 16.1 Å². The molecule has 0 saturated carbocycles. The molecule has 0 unspecified atom stereocenters. The van der Waals surface area contributed by atoms with Gasteiger partial charge in [-0.2, -0.15) is 0 Å². The van der Waals surface area contributed by atoms with Crippen molar-refractivity contribution in [1.82, 2.24) is 4.98 Å². The zero-order valence-corrected chi connectivity index (χ0v) is 6.20. The number of aromatic nitrogens is 1. The Morgan fingerprint density at radius 2 is 2.55 bits per heavy atom. The third-order valence-electron chi connectivity index (χ3n) is 1.26. The summed E-state index contributed by atoms with van der Waals surface area (Å²) in [6.07, 6.45) is 1.68. The van der Waals surface area contributed by atoms with E-state index in [1.807, 2.05) is 13.0 Å². The average Bonchev–Trinajstić information content (AvgIpc) is 2.01. The van der Waals surface area contributed by atoms with Gasteiger partial charge in [0, 0.05) is 11.9 Å². The van der Waals surface area contributed by atoms with Crippen LogP contribution >= 0.6 is 0 Å². The van der Waals surface area contributed by atoms with E-state index in [4.69, 9.17) is 0 Å². The molecule has 0 amide bonds. The molecule has 3 heteroatoms. The van der Waals surface area contributed by atoms with Crippen LogP contribution < -0.4 is 0 Å². The first-order valence-corrected chi connectivity index (χ1v) is 3.23. The van der Waals surface area contributed by atoms with Crippen LogP contribution in [0.4, 0.5) is 0 Å². The maximum Gasteiger partial charge on any atom is 0.417 e. The minimum Gasteiger partial charge on any atom is -0.452 e. The Balaban J connectivity index is 2.63. The summed E-state index contributed by atoms with van der Waals surface area (Å²) in [4.78, 5) is 13.7. The summed E-state index contributed by atoms with van der Waals surface area (Å²) in [5.74, 6) is 0. The predicted octanol–water partition coefficient (Wildman–Crippen LogP) is 0.974. The van der Waals surface area contributed by atoms with Crippen LogP contribution in [0, 0.1) is 6.92 Å². The van der Waals surface area contributed by atoms with Gasteiger partial charge in [0.25, 0.3) is 0 Å². The van der Waals surface area contributed by atoms with Gasteiger partial charge in [-0.1, -0.05) is 0 Å². The highest BCUT2D eigenvalue weighted by Crippen LogP contribution is 2.01. The van der Waals surface area contributed by atoms with Crippen LogP contribution in [0.2, 0.25) is 0 Å². The fourth-order valence-corrected chi connectivity index (χ4v) is 0.807. The molecule has 1 aromatic rings. The standard InChI is InChI=1S/C8H8NO2/c1-7-4-8(2-3-9-7)5-11-6-10/h2-4H,5H2,1H3. The lowest BCUT2D eigenvalue weighted by Gasteiger charge is -1.97. The molecule has 0 atom stereocenters. The maximum absolute atomic E-state index is 9.70. The Labute approximate surface area is 65.0 Å². The van der Waals surface area contributed by atoms with E-state index < -0.39 is 0 Å². The molecule has 11 heavy (non-hydrogen) atoms. The summed E-state index contributed by atoms with van der Waals surface area (Å²) in [5.41, 5.74) is 1.85. The second kappa shape index (κ2) is 3.71. The third kappa shape index (κ3) is 2.37. The maximum atomic E-state index is 9.70. The fraction of sp³-hybridized carbons (Fsp3) is 0.250. The number of aryl methyl sites for hydroxylation is 1. The van der Waals surface area contributed by atoms with E-state index in [9.17, 15) is 4.79 Å². The summed E-state index contributed by atoms with van der Waals surface area (Å²) in [5, 5.41) is 0. The number of carbonyl (C=O) groups excluding carboxylic acids is 1. The normalized spacial score (nSPS) is 9.18. The Hall–Kier alpha value is -1.38. The van der Waals surface area contributed by atoms with Crippen molar-refractivity contribution in [1.29, 1.82) is 0 Å². The summed E-state index contributed by atoms with van der Waals surface area (Å²) >= 11 is 0. The van der Waals surface area contributed by atoms with Crippen molar-refractivity contribution in [3.05, 3.63) is 29.6 Å². The van der Waals surface area contributed by atoms with Gasteiger partial charge in [0.05, 0.1) is 0 Å². The molecule has 1 aromatic heterocycles. The van der Waals surface area contributed by atoms with Crippen molar-refractivity contribution >= 4 is 6.47 Å². The lowest BCUT2D eigenvalue weighted by Crippen LogP contribution is -1.91. The van der Waals surface area contributed by atoms with Gasteiger partial charge in [0.2, 0.25) is 0 Å². The highest BCUT2D eigenvalue weighted by atomic mass is 16.5. The molecule has 0 N–H and O–H groups in total. The molecule has 57 valence electrons. The number of ether oxygens (including phenoxy) is 1. The molecule has 0 aliphatic carbocycles. The van der Waals surface area contributed by atoms with Crippen LogP contribution in [0.1, 0.15) is 11.3 Å². The van der Waals surface area contributed by atoms with Crippen molar-refractivity contribution in [3.8, 4) is 0 Å². The topological polar surface area (TPSA) is 39.2 Å². The zero-order valence-electron chi connectivity index (χ0n) is 6.20. The molecular formula is C8H8NO2. The van der Waals surface area contributed by atoms with Crippen molar-refractivity contribution in [2.45, 2.75) is 13.5 Å². The van der Waals surface area contributed by atoms with E-state index in [2.05, 4.69) is 9.72 Å². The lowest BCUT2D eigenvalue weighted by atomic mass is 10.2. The van der Waals surface area contributed by atoms with Gasteiger partial charge in [0.15, 0.2) is 0 Å². The monoisotopic (exact) mass is 150 g/mol. The Morgan fingerprint density at radius 1 is 1.73 bits per heavy atom. The van der Waals surface area contributed by atoms with Crippen molar-refractivity contribution in [2.24, 2.45) is 0 Å². The minimum atomic E-state index is 0.271. The van der Waals surface area contributed by atoms with E-state index in [-0.39, 0.29) is 6.61 Å². The number of pyridine rings is 1. The molecular weight excluding hydrogens is 142 g/mol. The Bertz CT molecular complexity index is 248. The Kier molecular flexibility index (Phi) is 2.60. The second-order valence-corrected chi connectivity index (χ2v) is 2.18. The molecule has 1 radical (unpaired) electrons. The minimum absolute atomic E-state index is 0.271. The number of hydrogen-bond acceptors (Lipinski definition) is 3. The van der Waals surface area contributed by atoms with Gasteiger partial charge >= 0.3 is 6.47 Å². The Morgan fingerprint density at radius 3 is 3.18 bits per heavy atom. The van der Waals surface area contributed by atoms with E-state index in [1.54, 1.807) is 12.3 Å². The molecule has 1 rings (SSSR count). The highest BCUT2D eigenvalue weighted by molar-refractivity contribution is 5.38. The number of rotatable bonds is 3. The van der Waals surface area contributed by atoms with Gasteiger partial charge in [-0.05, 0) is 24.6 Å². The molecule has 0 aromatic carbocycles. The van der Waals surface area contributed by atoms with E-state index >= 15 is 0 Å². The summed E-state index contributed by atoms with van der Waals surface area (Å²) < 4.78 is 4.44. The first-order chi connectivity index (χ1) is 5.33. The van der Waals surface area contributed by atoms with Crippen molar-refractivity contribution in [3.63, 3.8) is 0 Å². The molecule has 0 saturated heterocycles.